The molecule has 0 bridgehead atoms. The largest absolute Gasteiger partial charge is 0.229 e. The zero-order chi connectivity index (χ0) is 10.9. The summed E-state index contributed by atoms with van der Waals surface area (Å²) in [5.41, 5.74) is 0.936. The molecule has 0 N–H and O–H groups in total. The minimum absolute atomic E-state index is 0.0508. The summed E-state index contributed by atoms with van der Waals surface area (Å²) < 4.78 is 22.7. The van der Waals surface area contributed by atoms with Crippen molar-refractivity contribution >= 4 is 44.4 Å². The first-order valence-corrected chi connectivity index (χ1v) is 7.56. The molecule has 0 aromatic carbocycles. The fourth-order valence-corrected chi connectivity index (χ4v) is 3.88. The van der Waals surface area contributed by atoms with Crippen molar-refractivity contribution in [3.05, 3.63) is 20.8 Å². The van der Waals surface area contributed by atoms with Crippen LogP contribution >= 0.6 is 34.5 Å². The average Bonchev–Trinajstić information content (AvgIpc) is 2.28. The number of rotatable bonds is 3. The first kappa shape index (κ1) is 12.3. The molecule has 0 spiro atoms. The van der Waals surface area contributed by atoms with Crippen LogP contribution in [0.5, 0.6) is 0 Å². The lowest BCUT2D eigenvalue weighted by Gasteiger charge is -2.04. The lowest BCUT2D eigenvalue weighted by molar-refractivity contribution is 0.600. The van der Waals surface area contributed by atoms with E-state index < -0.39 is 15.2 Å². The number of sulfone groups is 1. The van der Waals surface area contributed by atoms with Crippen molar-refractivity contribution < 1.29 is 8.42 Å². The van der Waals surface area contributed by atoms with E-state index >= 15 is 0 Å². The van der Waals surface area contributed by atoms with Gasteiger partial charge in [-0.2, -0.15) is 0 Å². The van der Waals surface area contributed by atoms with Crippen LogP contribution in [0.15, 0.2) is 6.07 Å². The lowest BCUT2D eigenvalue weighted by atomic mass is 10.3. The SMILES string of the molecule is Cc1cc(C(Cl)CS(C)(=O)=O)sc1Cl. The molecule has 1 atom stereocenters. The van der Waals surface area contributed by atoms with Crippen LogP contribution in [-0.2, 0) is 9.84 Å². The molecule has 0 aliphatic rings. The summed E-state index contributed by atoms with van der Waals surface area (Å²) >= 11 is 13.1. The van der Waals surface area contributed by atoms with E-state index in [1.165, 1.54) is 17.6 Å². The summed E-state index contributed by atoms with van der Waals surface area (Å²) in [5, 5.41) is -0.499. The van der Waals surface area contributed by atoms with Crippen LogP contribution in [0.25, 0.3) is 0 Å². The van der Waals surface area contributed by atoms with Gasteiger partial charge in [-0.1, -0.05) is 11.6 Å². The van der Waals surface area contributed by atoms with Gasteiger partial charge in [0.25, 0.3) is 0 Å². The maximum absolute atomic E-state index is 11.0. The number of halogens is 2. The van der Waals surface area contributed by atoms with E-state index in [0.29, 0.717) is 4.34 Å². The van der Waals surface area contributed by atoms with Crippen molar-refractivity contribution in [2.45, 2.75) is 12.3 Å². The van der Waals surface area contributed by atoms with Crippen LogP contribution in [0.3, 0.4) is 0 Å². The van der Waals surface area contributed by atoms with Gasteiger partial charge in [0.2, 0.25) is 0 Å². The fraction of sp³-hybridized carbons (Fsp3) is 0.500. The maximum atomic E-state index is 11.0. The predicted molar refractivity (Wildman–Crippen MR) is 62.4 cm³/mol. The molecule has 0 aliphatic heterocycles. The Morgan fingerprint density at radius 2 is 2.14 bits per heavy atom. The molecule has 6 heteroatoms. The van der Waals surface area contributed by atoms with Gasteiger partial charge in [0.05, 0.1) is 15.5 Å². The molecule has 1 aromatic rings. The fourth-order valence-electron chi connectivity index (χ4n) is 0.986. The minimum Gasteiger partial charge on any atom is -0.229 e. The van der Waals surface area contributed by atoms with Crippen LogP contribution in [0.1, 0.15) is 15.8 Å². The van der Waals surface area contributed by atoms with Crippen LogP contribution in [0.2, 0.25) is 4.34 Å². The van der Waals surface area contributed by atoms with Crippen molar-refractivity contribution in [1.29, 1.82) is 0 Å². The van der Waals surface area contributed by atoms with Gasteiger partial charge in [-0.3, -0.25) is 0 Å². The second-order valence-electron chi connectivity index (χ2n) is 3.17. The molecule has 14 heavy (non-hydrogen) atoms. The highest BCUT2D eigenvalue weighted by atomic mass is 35.5. The number of thiophene rings is 1. The van der Waals surface area contributed by atoms with E-state index in [2.05, 4.69) is 0 Å². The summed E-state index contributed by atoms with van der Waals surface area (Å²) in [6.45, 7) is 1.87. The molecule has 1 rings (SSSR count). The molecule has 0 amide bonds. The molecule has 80 valence electrons. The first-order chi connectivity index (χ1) is 6.29. The molecule has 0 saturated carbocycles. The highest BCUT2D eigenvalue weighted by Gasteiger charge is 2.17. The number of hydrogen-bond donors (Lipinski definition) is 0. The van der Waals surface area contributed by atoms with Crippen LogP contribution in [0.4, 0.5) is 0 Å². The van der Waals surface area contributed by atoms with Crippen molar-refractivity contribution in [2.24, 2.45) is 0 Å². The third-order valence-corrected chi connectivity index (χ3v) is 4.94. The smallest absolute Gasteiger partial charge is 0.149 e. The second-order valence-corrected chi connectivity index (χ2v) is 7.56. The van der Waals surface area contributed by atoms with Gasteiger partial charge < -0.3 is 0 Å². The predicted octanol–water partition coefficient (Wildman–Crippen LogP) is 3.03. The summed E-state index contributed by atoms with van der Waals surface area (Å²) in [4.78, 5) is 0.805. The standard InChI is InChI=1S/C8H10Cl2O2S2/c1-5-3-7(13-8(5)10)6(9)4-14(2,11)12/h3,6H,4H2,1-2H3. The molecular weight excluding hydrogens is 263 g/mol. The van der Waals surface area contributed by atoms with E-state index in [9.17, 15) is 8.42 Å². The molecule has 0 saturated heterocycles. The molecule has 0 fully saturated rings. The van der Waals surface area contributed by atoms with E-state index in [4.69, 9.17) is 23.2 Å². The Labute approximate surface area is 97.8 Å². The van der Waals surface area contributed by atoms with E-state index in [-0.39, 0.29) is 5.75 Å². The number of hydrogen-bond acceptors (Lipinski definition) is 3. The highest BCUT2D eigenvalue weighted by molar-refractivity contribution is 7.90. The molecule has 2 nitrogen and oxygen atoms in total. The van der Waals surface area contributed by atoms with Gasteiger partial charge in [0, 0.05) is 11.1 Å². The van der Waals surface area contributed by atoms with Crippen LogP contribution in [0, 0.1) is 6.92 Å². The summed E-state index contributed by atoms with van der Waals surface area (Å²) in [6, 6.07) is 1.83. The number of alkyl halides is 1. The van der Waals surface area contributed by atoms with Gasteiger partial charge in [-0.25, -0.2) is 8.42 Å². The van der Waals surface area contributed by atoms with E-state index in [0.717, 1.165) is 10.4 Å². The quantitative estimate of drug-likeness (QED) is 0.793. The summed E-state index contributed by atoms with van der Waals surface area (Å²) in [6.07, 6.45) is 1.17. The van der Waals surface area contributed by atoms with Crippen molar-refractivity contribution in [2.75, 3.05) is 12.0 Å². The zero-order valence-electron chi connectivity index (χ0n) is 7.75. The van der Waals surface area contributed by atoms with Gasteiger partial charge in [-0.15, -0.1) is 22.9 Å². The molecule has 0 radical (unpaired) electrons. The molecule has 1 aromatic heterocycles. The van der Waals surface area contributed by atoms with Crippen LogP contribution < -0.4 is 0 Å². The lowest BCUT2D eigenvalue weighted by Crippen LogP contribution is -2.07. The molecule has 1 unspecified atom stereocenters. The van der Waals surface area contributed by atoms with Gasteiger partial charge >= 0.3 is 0 Å². The van der Waals surface area contributed by atoms with Gasteiger partial charge in [0.1, 0.15) is 9.84 Å². The van der Waals surface area contributed by atoms with Crippen LogP contribution in [-0.4, -0.2) is 20.4 Å². The summed E-state index contributed by atoms with van der Waals surface area (Å²) in [7, 11) is -3.04. The third-order valence-electron chi connectivity index (χ3n) is 1.63. The third kappa shape index (κ3) is 3.42. The Morgan fingerprint density at radius 3 is 2.50 bits per heavy atom. The topological polar surface area (TPSA) is 34.1 Å². The molecule has 1 heterocycles. The Kier molecular flexibility index (Phi) is 3.86. The Bertz CT molecular complexity index is 403. The van der Waals surface area contributed by atoms with E-state index in [1.807, 2.05) is 13.0 Å². The first-order valence-electron chi connectivity index (χ1n) is 3.87. The average molecular weight is 273 g/mol. The highest BCUT2D eigenvalue weighted by Crippen LogP contribution is 2.34. The number of aryl methyl sites for hydroxylation is 1. The molecular formula is C8H10Cl2O2S2. The summed E-state index contributed by atoms with van der Waals surface area (Å²) in [5.74, 6) is -0.0508. The maximum Gasteiger partial charge on any atom is 0.149 e. The van der Waals surface area contributed by atoms with Crippen molar-refractivity contribution in [3.8, 4) is 0 Å². The Hall–Kier alpha value is 0.230. The Balaban J connectivity index is 2.85. The zero-order valence-corrected chi connectivity index (χ0v) is 10.9. The van der Waals surface area contributed by atoms with E-state index in [1.54, 1.807) is 0 Å². The Morgan fingerprint density at radius 1 is 1.57 bits per heavy atom. The second kappa shape index (κ2) is 4.39. The monoisotopic (exact) mass is 272 g/mol. The minimum atomic E-state index is -3.04. The van der Waals surface area contributed by atoms with Gasteiger partial charge in [-0.05, 0) is 18.6 Å². The molecule has 0 aliphatic carbocycles. The van der Waals surface area contributed by atoms with Crippen molar-refractivity contribution in [1.82, 2.24) is 0 Å². The van der Waals surface area contributed by atoms with Crippen molar-refractivity contribution in [3.63, 3.8) is 0 Å². The van der Waals surface area contributed by atoms with Gasteiger partial charge in [0.15, 0.2) is 0 Å². The normalized spacial score (nSPS) is 14.3.